The average molecular weight is 277 g/mol. The molecule has 0 atom stereocenters. The molecule has 1 N–H and O–H groups in total. The van der Waals surface area contributed by atoms with E-state index in [1.165, 1.54) is 11.1 Å². The van der Waals surface area contributed by atoms with E-state index in [-0.39, 0.29) is 0 Å². The molecule has 0 fully saturated rings. The monoisotopic (exact) mass is 277 g/mol. The SMILES string of the molecule is CCc1c(-c2ccccn2)[nH]c(-c2ccccn2)c1CC. The Hall–Kier alpha value is -2.42. The molecule has 3 heterocycles. The van der Waals surface area contributed by atoms with Crippen LogP contribution >= 0.6 is 0 Å². The minimum Gasteiger partial charge on any atom is -0.352 e. The van der Waals surface area contributed by atoms with Crippen LogP contribution < -0.4 is 0 Å². The van der Waals surface area contributed by atoms with Crippen LogP contribution in [0.3, 0.4) is 0 Å². The van der Waals surface area contributed by atoms with Crippen molar-refractivity contribution in [1.29, 1.82) is 0 Å². The van der Waals surface area contributed by atoms with Crippen LogP contribution in [0.25, 0.3) is 22.8 Å². The number of H-pyrrole nitrogens is 1. The first-order chi connectivity index (χ1) is 10.3. The van der Waals surface area contributed by atoms with Crippen molar-refractivity contribution in [1.82, 2.24) is 15.0 Å². The van der Waals surface area contributed by atoms with Gasteiger partial charge in [0, 0.05) is 12.4 Å². The van der Waals surface area contributed by atoms with Gasteiger partial charge in [-0.05, 0) is 48.2 Å². The standard InChI is InChI=1S/C18H19N3/c1-3-13-14(4-2)18(16-10-6-8-12-20-16)21-17(13)15-9-5-7-11-19-15/h5-12,21H,3-4H2,1-2H3. The molecule has 0 saturated heterocycles. The van der Waals surface area contributed by atoms with E-state index in [4.69, 9.17) is 0 Å². The normalized spacial score (nSPS) is 10.8. The predicted molar refractivity (Wildman–Crippen MR) is 86.0 cm³/mol. The van der Waals surface area contributed by atoms with Crippen molar-refractivity contribution < 1.29 is 0 Å². The number of rotatable bonds is 4. The average Bonchev–Trinajstić information content (AvgIpc) is 2.95. The highest BCUT2D eigenvalue weighted by molar-refractivity contribution is 5.72. The molecular formula is C18H19N3. The highest BCUT2D eigenvalue weighted by Crippen LogP contribution is 2.32. The van der Waals surface area contributed by atoms with Crippen molar-refractivity contribution in [2.24, 2.45) is 0 Å². The van der Waals surface area contributed by atoms with Gasteiger partial charge in [0.1, 0.15) is 0 Å². The van der Waals surface area contributed by atoms with Gasteiger partial charge in [0.15, 0.2) is 0 Å². The number of aromatic nitrogens is 3. The van der Waals surface area contributed by atoms with E-state index >= 15 is 0 Å². The maximum Gasteiger partial charge on any atom is 0.0867 e. The van der Waals surface area contributed by atoms with Gasteiger partial charge in [-0.1, -0.05) is 26.0 Å². The molecular weight excluding hydrogens is 258 g/mol. The van der Waals surface area contributed by atoms with Crippen molar-refractivity contribution in [3.05, 3.63) is 59.9 Å². The summed E-state index contributed by atoms with van der Waals surface area (Å²) in [5.74, 6) is 0. The van der Waals surface area contributed by atoms with Gasteiger partial charge in [-0.2, -0.15) is 0 Å². The summed E-state index contributed by atoms with van der Waals surface area (Å²) in [6.07, 6.45) is 5.64. The molecule has 3 heteroatoms. The fraction of sp³-hybridized carbons (Fsp3) is 0.222. The number of aromatic amines is 1. The topological polar surface area (TPSA) is 41.6 Å². The van der Waals surface area contributed by atoms with Crippen LogP contribution in [0.1, 0.15) is 25.0 Å². The molecule has 0 aliphatic carbocycles. The Morgan fingerprint density at radius 1 is 0.762 bits per heavy atom. The van der Waals surface area contributed by atoms with Crippen LogP contribution in [-0.4, -0.2) is 15.0 Å². The van der Waals surface area contributed by atoms with Gasteiger partial charge in [-0.3, -0.25) is 9.97 Å². The maximum absolute atomic E-state index is 4.49. The van der Waals surface area contributed by atoms with E-state index in [9.17, 15) is 0 Å². The molecule has 0 saturated carbocycles. The molecule has 0 aliphatic heterocycles. The minimum absolute atomic E-state index is 0.985. The van der Waals surface area contributed by atoms with Gasteiger partial charge in [-0.15, -0.1) is 0 Å². The molecule has 0 bridgehead atoms. The number of nitrogens with one attached hydrogen (secondary N) is 1. The summed E-state index contributed by atoms with van der Waals surface area (Å²) in [5, 5.41) is 0. The lowest BCUT2D eigenvalue weighted by Crippen LogP contribution is -1.91. The fourth-order valence-electron chi connectivity index (χ4n) is 2.82. The molecule has 0 amide bonds. The zero-order valence-corrected chi connectivity index (χ0v) is 12.4. The molecule has 3 nitrogen and oxygen atoms in total. The van der Waals surface area contributed by atoms with Crippen LogP contribution in [-0.2, 0) is 12.8 Å². The van der Waals surface area contributed by atoms with Crippen molar-refractivity contribution in [2.75, 3.05) is 0 Å². The summed E-state index contributed by atoms with van der Waals surface area (Å²) in [6.45, 7) is 4.38. The highest BCUT2D eigenvalue weighted by Gasteiger charge is 2.18. The second kappa shape index (κ2) is 5.92. The molecule has 21 heavy (non-hydrogen) atoms. The number of nitrogens with zero attached hydrogens (tertiary/aromatic N) is 2. The quantitative estimate of drug-likeness (QED) is 0.774. The van der Waals surface area contributed by atoms with Crippen LogP contribution in [0.5, 0.6) is 0 Å². The van der Waals surface area contributed by atoms with Gasteiger partial charge in [0.25, 0.3) is 0 Å². The molecule has 0 spiro atoms. The molecule has 0 aromatic carbocycles. The highest BCUT2D eigenvalue weighted by atomic mass is 14.8. The van der Waals surface area contributed by atoms with Crippen LogP contribution in [0.2, 0.25) is 0 Å². The summed E-state index contributed by atoms with van der Waals surface area (Å²) in [5.41, 5.74) is 6.91. The minimum atomic E-state index is 0.985. The van der Waals surface area contributed by atoms with E-state index < -0.39 is 0 Å². The third kappa shape index (κ3) is 2.47. The van der Waals surface area contributed by atoms with E-state index in [1.54, 1.807) is 0 Å². The lowest BCUT2D eigenvalue weighted by Gasteiger charge is -2.03. The maximum atomic E-state index is 4.49. The van der Waals surface area contributed by atoms with E-state index in [2.05, 4.69) is 28.8 Å². The van der Waals surface area contributed by atoms with Gasteiger partial charge in [0.05, 0.1) is 22.8 Å². The zero-order valence-electron chi connectivity index (χ0n) is 12.4. The van der Waals surface area contributed by atoms with Crippen molar-refractivity contribution >= 4 is 0 Å². The Balaban J connectivity index is 2.21. The fourth-order valence-corrected chi connectivity index (χ4v) is 2.82. The summed E-state index contributed by atoms with van der Waals surface area (Å²) in [4.78, 5) is 12.5. The third-order valence-corrected chi connectivity index (χ3v) is 3.77. The van der Waals surface area contributed by atoms with Crippen LogP contribution in [0, 0.1) is 0 Å². The first-order valence-electron chi connectivity index (χ1n) is 7.41. The molecule has 3 aromatic rings. The number of hydrogen-bond donors (Lipinski definition) is 1. The Morgan fingerprint density at radius 2 is 1.24 bits per heavy atom. The molecule has 0 unspecified atom stereocenters. The molecule has 3 rings (SSSR count). The molecule has 0 radical (unpaired) electrons. The van der Waals surface area contributed by atoms with Crippen molar-refractivity contribution in [3.8, 4) is 22.8 Å². The van der Waals surface area contributed by atoms with Crippen molar-refractivity contribution in [3.63, 3.8) is 0 Å². The van der Waals surface area contributed by atoms with Crippen LogP contribution in [0.4, 0.5) is 0 Å². The third-order valence-electron chi connectivity index (χ3n) is 3.77. The predicted octanol–water partition coefficient (Wildman–Crippen LogP) is 4.26. The van der Waals surface area contributed by atoms with Gasteiger partial charge >= 0.3 is 0 Å². The lowest BCUT2D eigenvalue weighted by atomic mass is 10.0. The van der Waals surface area contributed by atoms with E-state index in [1.807, 2.05) is 48.8 Å². The molecule has 3 aromatic heterocycles. The summed E-state index contributed by atoms with van der Waals surface area (Å²) < 4.78 is 0. The van der Waals surface area contributed by atoms with E-state index in [0.717, 1.165) is 35.6 Å². The Morgan fingerprint density at radius 3 is 1.57 bits per heavy atom. The summed E-state index contributed by atoms with van der Waals surface area (Å²) in [7, 11) is 0. The lowest BCUT2D eigenvalue weighted by molar-refractivity contribution is 1.05. The Kier molecular flexibility index (Phi) is 3.82. The van der Waals surface area contributed by atoms with Gasteiger partial charge < -0.3 is 4.98 Å². The first kappa shape index (κ1) is 13.6. The van der Waals surface area contributed by atoms with Gasteiger partial charge in [0.2, 0.25) is 0 Å². The zero-order chi connectivity index (χ0) is 14.7. The van der Waals surface area contributed by atoms with Gasteiger partial charge in [-0.25, -0.2) is 0 Å². The first-order valence-corrected chi connectivity index (χ1v) is 7.41. The Bertz CT molecular complexity index is 653. The second-order valence-electron chi connectivity index (χ2n) is 4.97. The van der Waals surface area contributed by atoms with E-state index in [0.29, 0.717) is 0 Å². The number of hydrogen-bond acceptors (Lipinski definition) is 2. The smallest absolute Gasteiger partial charge is 0.0867 e. The largest absolute Gasteiger partial charge is 0.352 e. The van der Waals surface area contributed by atoms with Crippen LogP contribution in [0.15, 0.2) is 48.8 Å². The molecule has 0 aliphatic rings. The molecule has 106 valence electrons. The Labute approximate surface area is 125 Å². The second-order valence-corrected chi connectivity index (χ2v) is 4.97. The summed E-state index contributed by atoms with van der Waals surface area (Å²) >= 11 is 0. The number of pyridine rings is 2. The summed E-state index contributed by atoms with van der Waals surface area (Å²) in [6, 6.07) is 12.0. The van der Waals surface area contributed by atoms with Crippen molar-refractivity contribution in [2.45, 2.75) is 26.7 Å².